The van der Waals surface area contributed by atoms with Gasteiger partial charge in [0.25, 0.3) is 5.91 Å². The number of amides is 1. The second kappa shape index (κ2) is 7.94. The molecular weight excluding hydrogens is 370 g/mol. The second-order valence-corrected chi connectivity index (χ2v) is 9.35. The fourth-order valence-electron chi connectivity index (χ4n) is 2.86. The van der Waals surface area contributed by atoms with E-state index in [1.807, 2.05) is 54.6 Å². The van der Waals surface area contributed by atoms with E-state index in [1.54, 1.807) is 6.92 Å². The molecule has 0 aliphatic heterocycles. The van der Waals surface area contributed by atoms with Gasteiger partial charge in [0.15, 0.2) is 6.61 Å². The Kier molecular flexibility index (Phi) is 5.77. The molecule has 0 bridgehead atoms. The third-order valence-electron chi connectivity index (χ3n) is 4.68. The predicted molar refractivity (Wildman–Crippen MR) is 115 cm³/mol. The van der Waals surface area contributed by atoms with Gasteiger partial charge in [0.05, 0.1) is 6.54 Å². The van der Waals surface area contributed by atoms with Crippen molar-refractivity contribution in [2.45, 2.75) is 38.7 Å². The van der Waals surface area contributed by atoms with E-state index in [1.165, 1.54) is 16.9 Å². The van der Waals surface area contributed by atoms with Crippen LogP contribution in [-0.2, 0) is 15.8 Å². The zero-order valence-electron chi connectivity index (χ0n) is 16.8. The van der Waals surface area contributed by atoms with Gasteiger partial charge >= 0.3 is 0 Å². The maximum absolute atomic E-state index is 12.1. The molecule has 5 heteroatoms. The Morgan fingerprint density at radius 1 is 1.07 bits per heavy atom. The monoisotopic (exact) mass is 397 g/mol. The summed E-state index contributed by atoms with van der Waals surface area (Å²) in [6.45, 7) is 8.21. The largest absolute Gasteiger partial charge is 0.484 e. The van der Waals surface area contributed by atoms with E-state index in [9.17, 15) is 9.90 Å². The van der Waals surface area contributed by atoms with E-state index in [0.29, 0.717) is 5.75 Å². The summed E-state index contributed by atoms with van der Waals surface area (Å²) in [7, 11) is 0. The summed E-state index contributed by atoms with van der Waals surface area (Å²) in [5.41, 5.74) is 0.158. The Labute approximate surface area is 170 Å². The lowest BCUT2D eigenvalue weighted by Gasteiger charge is -2.22. The van der Waals surface area contributed by atoms with Crippen molar-refractivity contribution >= 4 is 27.3 Å². The second-order valence-electron chi connectivity index (χ2n) is 8.26. The van der Waals surface area contributed by atoms with Crippen LogP contribution in [0.25, 0.3) is 10.1 Å². The van der Waals surface area contributed by atoms with Crippen LogP contribution in [0.4, 0.5) is 0 Å². The lowest BCUT2D eigenvalue weighted by Crippen LogP contribution is -2.40. The zero-order chi connectivity index (χ0) is 20.4. The number of benzene rings is 2. The van der Waals surface area contributed by atoms with E-state index in [4.69, 9.17) is 4.74 Å². The number of nitrogens with one attached hydrogen (secondary N) is 1. The number of carbonyl (C=O) groups is 1. The highest BCUT2D eigenvalue weighted by Crippen LogP contribution is 2.32. The summed E-state index contributed by atoms with van der Waals surface area (Å²) in [6, 6.07) is 17.7. The minimum Gasteiger partial charge on any atom is -0.484 e. The summed E-state index contributed by atoms with van der Waals surface area (Å²) in [5.74, 6) is 0.390. The quantitative estimate of drug-likeness (QED) is 0.639. The molecule has 148 valence electrons. The minimum atomic E-state index is -1.13. The summed E-state index contributed by atoms with van der Waals surface area (Å²) in [5, 5.41) is 14.6. The van der Waals surface area contributed by atoms with Crippen molar-refractivity contribution in [2.24, 2.45) is 0 Å². The van der Waals surface area contributed by atoms with E-state index in [-0.39, 0.29) is 24.5 Å². The van der Waals surface area contributed by atoms with Crippen molar-refractivity contribution in [2.75, 3.05) is 13.2 Å². The van der Waals surface area contributed by atoms with Gasteiger partial charge < -0.3 is 15.2 Å². The number of hydrogen-bond donors (Lipinski definition) is 2. The van der Waals surface area contributed by atoms with E-state index in [2.05, 4.69) is 26.1 Å². The Balaban J connectivity index is 1.53. The molecular formula is C23H27NO3S. The number of fused-ring (bicyclic) bond motifs is 1. The number of aliphatic hydroxyl groups is 1. The first-order valence-electron chi connectivity index (χ1n) is 9.37. The maximum atomic E-state index is 12.1. The highest BCUT2D eigenvalue weighted by atomic mass is 32.1. The van der Waals surface area contributed by atoms with Crippen LogP contribution < -0.4 is 10.1 Å². The first-order chi connectivity index (χ1) is 13.1. The van der Waals surface area contributed by atoms with Crippen LogP contribution in [0.2, 0.25) is 0 Å². The van der Waals surface area contributed by atoms with Gasteiger partial charge in [-0.15, -0.1) is 11.3 Å². The molecule has 0 radical (unpaired) electrons. The molecule has 3 aromatic rings. The molecule has 0 saturated carbocycles. The third-order valence-corrected chi connectivity index (χ3v) is 6.05. The molecule has 0 spiro atoms. The van der Waals surface area contributed by atoms with Gasteiger partial charge in [-0.05, 0) is 47.6 Å². The highest BCUT2D eigenvalue weighted by molar-refractivity contribution is 7.19. The van der Waals surface area contributed by atoms with E-state index >= 15 is 0 Å². The Morgan fingerprint density at radius 2 is 1.75 bits per heavy atom. The number of thiophene rings is 1. The maximum Gasteiger partial charge on any atom is 0.258 e. The van der Waals surface area contributed by atoms with Gasteiger partial charge in [-0.25, -0.2) is 0 Å². The lowest BCUT2D eigenvalue weighted by molar-refractivity contribution is -0.124. The van der Waals surface area contributed by atoms with Crippen LogP contribution in [0, 0.1) is 0 Å². The number of rotatable bonds is 6. The Hall–Kier alpha value is -2.37. The van der Waals surface area contributed by atoms with Crippen LogP contribution in [0.15, 0.2) is 54.6 Å². The molecule has 1 atom stereocenters. The van der Waals surface area contributed by atoms with Crippen molar-refractivity contribution in [1.29, 1.82) is 0 Å². The summed E-state index contributed by atoms with van der Waals surface area (Å²) in [6.07, 6.45) is 0. The molecule has 1 amide bonds. The third kappa shape index (κ3) is 4.91. The number of ether oxygens (including phenoxy) is 1. The molecule has 2 N–H and O–H groups in total. The van der Waals surface area contributed by atoms with Gasteiger partial charge in [-0.1, -0.05) is 51.1 Å². The first kappa shape index (κ1) is 20.4. The number of carbonyl (C=O) groups excluding carboxylic acids is 1. The molecule has 28 heavy (non-hydrogen) atoms. The molecule has 2 aromatic carbocycles. The molecule has 4 nitrogen and oxygen atoms in total. The average Bonchev–Trinajstić information content (AvgIpc) is 3.10. The standard InChI is InChI=1S/C23H27NO3S/c1-22(2,3)17-9-11-18(12-10-17)27-14-21(25)24-15-23(4,26)20-13-16-7-5-6-8-19(16)28-20/h5-13,26H,14-15H2,1-4H3,(H,24,25). The molecule has 3 rings (SSSR count). The molecule has 1 unspecified atom stereocenters. The average molecular weight is 398 g/mol. The molecule has 1 aromatic heterocycles. The number of hydrogen-bond acceptors (Lipinski definition) is 4. The van der Waals surface area contributed by atoms with Crippen molar-refractivity contribution in [3.63, 3.8) is 0 Å². The van der Waals surface area contributed by atoms with Crippen LogP contribution in [0.3, 0.4) is 0 Å². The highest BCUT2D eigenvalue weighted by Gasteiger charge is 2.26. The smallest absolute Gasteiger partial charge is 0.258 e. The molecule has 0 fully saturated rings. The predicted octanol–water partition coefficient (Wildman–Crippen LogP) is 4.60. The van der Waals surface area contributed by atoms with Crippen molar-refractivity contribution in [3.05, 3.63) is 65.0 Å². The molecule has 0 aliphatic rings. The van der Waals surface area contributed by atoms with Crippen LogP contribution in [0.5, 0.6) is 5.75 Å². The summed E-state index contributed by atoms with van der Waals surface area (Å²) >= 11 is 1.54. The molecule has 1 heterocycles. The van der Waals surface area contributed by atoms with Gasteiger partial charge in [0.2, 0.25) is 0 Å². The Bertz CT molecular complexity index is 919. The van der Waals surface area contributed by atoms with E-state index in [0.717, 1.165) is 15.0 Å². The zero-order valence-corrected chi connectivity index (χ0v) is 17.6. The SMILES string of the molecule is CC(C)(C)c1ccc(OCC(=O)NCC(C)(O)c2cc3ccccc3s2)cc1. The minimum absolute atomic E-state index is 0.0775. The van der Waals surface area contributed by atoms with Crippen molar-refractivity contribution < 1.29 is 14.6 Å². The fraction of sp³-hybridized carbons (Fsp3) is 0.348. The normalized spacial score (nSPS) is 13.9. The topological polar surface area (TPSA) is 58.6 Å². The van der Waals surface area contributed by atoms with Crippen LogP contribution in [-0.4, -0.2) is 24.2 Å². The molecule has 0 saturated heterocycles. The van der Waals surface area contributed by atoms with Gasteiger partial charge in [-0.3, -0.25) is 4.79 Å². The summed E-state index contributed by atoms with van der Waals surface area (Å²) < 4.78 is 6.68. The fourth-order valence-corrected chi connectivity index (χ4v) is 3.96. The van der Waals surface area contributed by atoms with Gasteiger partial charge in [0, 0.05) is 9.58 Å². The first-order valence-corrected chi connectivity index (χ1v) is 10.2. The van der Waals surface area contributed by atoms with Gasteiger partial charge in [0.1, 0.15) is 11.4 Å². The molecule has 0 aliphatic carbocycles. The van der Waals surface area contributed by atoms with Crippen LogP contribution >= 0.6 is 11.3 Å². The van der Waals surface area contributed by atoms with E-state index < -0.39 is 5.60 Å². The summed E-state index contributed by atoms with van der Waals surface area (Å²) in [4.78, 5) is 13.0. The van der Waals surface area contributed by atoms with Crippen LogP contribution in [0.1, 0.15) is 38.1 Å². The lowest BCUT2D eigenvalue weighted by atomic mass is 9.87. The Morgan fingerprint density at radius 3 is 2.39 bits per heavy atom. The van der Waals surface area contributed by atoms with Crippen molar-refractivity contribution in [1.82, 2.24) is 5.32 Å². The van der Waals surface area contributed by atoms with Gasteiger partial charge in [-0.2, -0.15) is 0 Å². The van der Waals surface area contributed by atoms with Crippen molar-refractivity contribution in [3.8, 4) is 5.75 Å².